The van der Waals surface area contributed by atoms with Gasteiger partial charge in [0.05, 0.1) is 23.6 Å². The number of rotatable bonds is 3. The van der Waals surface area contributed by atoms with Crippen molar-refractivity contribution in [3.8, 4) is 0 Å². The number of nitrogens with zero attached hydrogens (tertiary/aromatic N) is 2. The first-order chi connectivity index (χ1) is 10.6. The molecule has 0 unspecified atom stereocenters. The van der Waals surface area contributed by atoms with Crippen molar-refractivity contribution in [3.63, 3.8) is 0 Å². The van der Waals surface area contributed by atoms with E-state index in [1.807, 2.05) is 24.8 Å². The molecule has 22 heavy (non-hydrogen) atoms. The summed E-state index contributed by atoms with van der Waals surface area (Å²) in [5, 5.41) is 3.01. The van der Waals surface area contributed by atoms with Gasteiger partial charge in [0.1, 0.15) is 0 Å². The largest absolute Gasteiger partial charge is 0.375 e. The molecule has 0 radical (unpaired) electrons. The lowest BCUT2D eigenvalue weighted by atomic mass is 9.95. The number of carbonyl (C=O) groups is 1. The van der Waals surface area contributed by atoms with Crippen LogP contribution in [0.5, 0.6) is 0 Å². The molecule has 120 valence electrons. The summed E-state index contributed by atoms with van der Waals surface area (Å²) in [5.41, 5.74) is 2.74. The Morgan fingerprint density at radius 1 is 1.23 bits per heavy atom. The maximum Gasteiger partial charge on any atom is 0.321 e. The minimum absolute atomic E-state index is 0.0266. The Balaban J connectivity index is 1.51. The molecule has 2 aliphatic rings. The van der Waals surface area contributed by atoms with E-state index in [1.165, 1.54) is 19.3 Å². The molecule has 5 heteroatoms. The average Bonchev–Trinajstić information content (AvgIpc) is 2.47. The van der Waals surface area contributed by atoms with Gasteiger partial charge in [0.25, 0.3) is 0 Å². The molecule has 2 heterocycles. The van der Waals surface area contributed by atoms with E-state index in [9.17, 15) is 4.79 Å². The van der Waals surface area contributed by atoms with Crippen molar-refractivity contribution in [1.29, 1.82) is 0 Å². The van der Waals surface area contributed by atoms with Crippen LogP contribution in [-0.4, -0.2) is 41.2 Å². The maximum atomic E-state index is 12.4. The lowest BCUT2D eigenvalue weighted by molar-refractivity contribution is -0.0694. The number of hydrogen-bond acceptors (Lipinski definition) is 3. The van der Waals surface area contributed by atoms with Crippen LogP contribution in [0.4, 0.5) is 10.5 Å². The summed E-state index contributed by atoms with van der Waals surface area (Å²) in [4.78, 5) is 18.5. The lowest BCUT2D eigenvalue weighted by Gasteiger charge is -2.36. The van der Waals surface area contributed by atoms with E-state index >= 15 is 0 Å². The van der Waals surface area contributed by atoms with Gasteiger partial charge in [-0.1, -0.05) is 0 Å². The SMILES string of the molecule is Cc1ccnc(C)c1NC(=O)N1CCC(OC2CCC2)CC1. The van der Waals surface area contributed by atoms with Gasteiger partial charge in [-0.05, 0) is 57.6 Å². The molecule has 0 aromatic carbocycles. The number of aromatic nitrogens is 1. The van der Waals surface area contributed by atoms with Crippen LogP contribution in [0.1, 0.15) is 43.4 Å². The van der Waals surface area contributed by atoms with Gasteiger partial charge in [-0.3, -0.25) is 4.98 Å². The number of carbonyl (C=O) groups excluding carboxylic acids is 1. The predicted octanol–water partition coefficient (Wildman–Crippen LogP) is 3.26. The van der Waals surface area contributed by atoms with Gasteiger partial charge in [0.2, 0.25) is 0 Å². The number of amides is 2. The summed E-state index contributed by atoms with van der Waals surface area (Å²) >= 11 is 0. The number of urea groups is 1. The molecule has 2 amide bonds. The molecule has 1 N–H and O–H groups in total. The average molecular weight is 303 g/mol. The number of aryl methyl sites for hydroxylation is 2. The van der Waals surface area contributed by atoms with E-state index in [0.717, 1.165) is 42.9 Å². The van der Waals surface area contributed by atoms with Gasteiger partial charge < -0.3 is 15.0 Å². The standard InChI is InChI=1S/C17H25N3O2/c1-12-6-9-18-13(2)16(12)19-17(21)20-10-7-15(8-11-20)22-14-4-3-5-14/h6,9,14-15H,3-5,7-8,10-11H2,1-2H3,(H,19,21). The summed E-state index contributed by atoms with van der Waals surface area (Å²) in [6.07, 6.45) is 8.17. The second-order valence-electron chi connectivity index (χ2n) is 6.39. The first kappa shape index (κ1) is 15.3. The Morgan fingerprint density at radius 2 is 1.91 bits per heavy atom. The van der Waals surface area contributed by atoms with E-state index in [0.29, 0.717) is 12.2 Å². The van der Waals surface area contributed by atoms with Crippen molar-refractivity contribution < 1.29 is 9.53 Å². The zero-order valence-corrected chi connectivity index (χ0v) is 13.5. The minimum atomic E-state index is -0.0266. The first-order valence-corrected chi connectivity index (χ1v) is 8.27. The van der Waals surface area contributed by atoms with Crippen molar-refractivity contribution in [2.75, 3.05) is 18.4 Å². The van der Waals surface area contributed by atoms with Crippen molar-refractivity contribution in [2.24, 2.45) is 0 Å². The number of ether oxygens (including phenoxy) is 1. The summed E-state index contributed by atoms with van der Waals surface area (Å²) < 4.78 is 6.04. The molecule has 0 spiro atoms. The molecule has 1 aromatic rings. The minimum Gasteiger partial charge on any atom is -0.375 e. The molecule has 1 aromatic heterocycles. The van der Waals surface area contributed by atoms with Crippen LogP contribution in [-0.2, 0) is 4.74 Å². The summed E-state index contributed by atoms with van der Waals surface area (Å²) in [7, 11) is 0. The molecule has 1 saturated heterocycles. The topological polar surface area (TPSA) is 54.5 Å². The van der Waals surface area contributed by atoms with E-state index < -0.39 is 0 Å². The van der Waals surface area contributed by atoms with E-state index in [1.54, 1.807) is 6.20 Å². The second kappa shape index (κ2) is 6.65. The molecular weight excluding hydrogens is 278 g/mol. The third-order valence-electron chi connectivity index (χ3n) is 4.75. The fraction of sp³-hybridized carbons (Fsp3) is 0.647. The maximum absolute atomic E-state index is 12.4. The van der Waals surface area contributed by atoms with Crippen LogP contribution >= 0.6 is 0 Å². The number of nitrogens with one attached hydrogen (secondary N) is 1. The van der Waals surface area contributed by atoms with Crippen LogP contribution in [0.3, 0.4) is 0 Å². The molecule has 1 aliphatic heterocycles. The fourth-order valence-corrected chi connectivity index (χ4v) is 3.04. The van der Waals surface area contributed by atoms with Crippen LogP contribution in [0.25, 0.3) is 0 Å². The molecule has 5 nitrogen and oxygen atoms in total. The van der Waals surface area contributed by atoms with Crippen LogP contribution in [0.15, 0.2) is 12.3 Å². The Morgan fingerprint density at radius 3 is 2.50 bits per heavy atom. The second-order valence-corrected chi connectivity index (χ2v) is 6.39. The Labute approximate surface area is 132 Å². The zero-order chi connectivity index (χ0) is 15.5. The molecule has 1 saturated carbocycles. The fourth-order valence-electron chi connectivity index (χ4n) is 3.04. The Bertz CT molecular complexity index is 514. The highest BCUT2D eigenvalue weighted by Crippen LogP contribution is 2.27. The first-order valence-electron chi connectivity index (χ1n) is 8.27. The van der Waals surface area contributed by atoms with Gasteiger partial charge in [-0.15, -0.1) is 0 Å². The normalized spacial score (nSPS) is 19.8. The van der Waals surface area contributed by atoms with E-state index in [-0.39, 0.29) is 6.03 Å². The molecule has 0 bridgehead atoms. The van der Waals surface area contributed by atoms with Crippen molar-refractivity contribution in [2.45, 2.75) is 58.2 Å². The summed E-state index contributed by atoms with van der Waals surface area (Å²) in [6.45, 7) is 5.44. The van der Waals surface area contributed by atoms with Gasteiger partial charge in [0, 0.05) is 19.3 Å². The van der Waals surface area contributed by atoms with Gasteiger partial charge in [-0.2, -0.15) is 0 Å². The van der Waals surface area contributed by atoms with Crippen molar-refractivity contribution in [3.05, 3.63) is 23.5 Å². The molecule has 3 rings (SSSR count). The monoisotopic (exact) mass is 303 g/mol. The number of piperidine rings is 1. The van der Waals surface area contributed by atoms with Crippen LogP contribution in [0.2, 0.25) is 0 Å². The predicted molar refractivity (Wildman–Crippen MR) is 86.0 cm³/mol. The number of likely N-dealkylation sites (tertiary alicyclic amines) is 1. The van der Waals surface area contributed by atoms with Crippen LogP contribution < -0.4 is 5.32 Å². The highest BCUT2D eigenvalue weighted by Gasteiger charge is 2.27. The number of anilines is 1. The Kier molecular flexibility index (Phi) is 4.62. The Hall–Kier alpha value is -1.62. The quantitative estimate of drug-likeness (QED) is 0.932. The van der Waals surface area contributed by atoms with Gasteiger partial charge >= 0.3 is 6.03 Å². The van der Waals surface area contributed by atoms with Crippen molar-refractivity contribution >= 4 is 11.7 Å². The van der Waals surface area contributed by atoms with Gasteiger partial charge in [-0.25, -0.2) is 4.79 Å². The zero-order valence-electron chi connectivity index (χ0n) is 13.5. The highest BCUT2D eigenvalue weighted by molar-refractivity contribution is 5.90. The van der Waals surface area contributed by atoms with E-state index in [4.69, 9.17) is 4.74 Å². The molecule has 2 fully saturated rings. The summed E-state index contributed by atoms with van der Waals surface area (Å²) in [5.74, 6) is 0. The molecule has 1 aliphatic carbocycles. The third-order valence-corrected chi connectivity index (χ3v) is 4.75. The molecular formula is C17H25N3O2. The van der Waals surface area contributed by atoms with Gasteiger partial charge in [0.15, 0.2) is 0 Å². The highest BCUT2D eigenvalue weighted by atomic mass is 16.5. The smallest absolute Gasteiger partial charge is 0.321 e. The molecule has 0 atom stereocenters. The number of pyridine rings is 1. The summed E-state index contributed by atoms with van der Waals surface area (Å²) in [6, 6.07) is 1.89. The lowest BCUT2D eigenvalue weighted by Crippen LogP contribution is -2.44. The van der Waals surface area contributed by atoms with E-state index in [2.05, 4.69) is 10.3 Å². The van der Waals surface area contributed by atoms with Crippen LogP contribution in [0, 0.1) is 13.8 Å². The third kappa shape index (κ3) is 3.40. The van der Waals surface area contributed by atoms with Crippen molar-refractivity contribution in [1.82, 2.24) is 9.88 Å². The number of hydrogen-bond donors (Lipinski definition) is 1.